The van der Waals surface area contributed by atoms with Crippen molar-refractivity contribution in [1.29, 1.82) is 0 Å². The summed E-state index contributed by atoms with van der Waals surface area (Å²) < 4.78 is 5.20. The van der Waals surface area contributed by atoms with E-state index >= 15 is 0 Å². The number of anilines is 1. The lowest BCUT2D eigenvalue weighted by molar-refractivity contribution is 0.415. The van der Waals surface area contributed by atoms with Crippen LogP contribution in [-0.4, -0.2) is 27.3 Å². The summed E-state index contributed by atoms with van der Waals surface area (Å²) in [6, 6.07) is 5.40. The maximum Gasteiger partial charge on any atom is 0.222 e. The van der Waals surface area contributed by atoms with Crippen LogP contribution in [0.15, 0.2) is 24.4 Å². The Balaban J connectivity index is 2.26. The zero-order valence-corrected chi connectivity index (χ0v) is 10.8. The third kappa shape index (κ3) is 1.96. The molecule has 0 unspecified atom stereocenters. The van der Waals surface area contributed by atoms with E-state index in [4.69, 9.17) is 22.1 Å². The summed E-state index contributed by atoms with van der Waals surface area (Å²) in [5.41, 5.74) is 7.81. The summed E-state index contributed by atoms with van der Waals surface area (Å²) in [5.74, 6) is 0.758. The molecule has 1 aromatic carbocycles. The van der Waals surface area contributed by atoms with Crippen LogP contribution < -0.4 is 10.5 Å². The van der Waals surface area contributed by atoms with Crippen LogP contribution in [-0.2, 0) is 0 Å². The predicted octanol–water partition coefficient (Wildman–Crippen LogP) is 2.26. The number of H-pyrrole nitrogens is 1. The number of methoxy groups -OCH3 is 1. The highest BCUT2D eigenvalue weighted by atomic mass is 35.5. The van der Waals surface area contributed by atoms with Gasteiger partial charge in [-0.05, 0) is 12.1 Å². The van der Waals surface area contributed by atoms with Crippen molar-refractivity contribution in [3.05, 3.63) is 29.4 Å². The van der Waals surface area contributed by atoms with E-state index in [0.29, 0.717) is 22.1 Å². The lowest BCUT2D eigenvalue weighted by Gasteiger charge is -2.07. The Hall–Kier alpha value is -2.34. The molecule has 7 heteroatoms. The SMILES string of the molecule is COc1cc(-c2nc(N)nc3[nH]ncc23)ccc1Cl. The second kappa shape index (κ2) is 4.40. The zero-order chi connectivity index (χ0) is 13.4. The molecule has 96 valence electrons. The number of halogens is 1. The van der Waals surface area contributed by atoms with E-state index in [9.17, 15) is 0 Å². The maximum atomic E-state index is 6.01. The van der Waals surface area contributed by atoms with Crippen LogP contribution in [0.4, 0.5) is 5.95 Å². The molecular weight excluding hydrogens is 266 g/mol. The second-order valence-corrected chi connectivity index (χ2v) is 4.32. The molecular formula is C12H10ClN5O. The van der Waals surface area contributed by atoms with Crippen LogP contribution in [0.2, 0.25) is 5.02 Å². The number of hydrogen-bond acceptors (Lipinski definition) is 5. The number of nitrogen functional groups attached to an aromatic ring is 1. The van der Waals surface area contributed by atoms with Gasteiger partial charge in [0.05, 0.1) is 29.4 Å². The molecule has 2 aromatic heterocycles. The van der Waals surface area contributed by atoms with Gasteiger partial charge in [-0.15, -0.1) is 0 Å². The van der Waals surface area contributed by atoms with Crippen LogP contribution in [0.25, 0.3) is 22.3 Å². The first-order valence-corrected chi connectivity index (χ1v) is 5.87. The number of nitrogens with two attached hydrogens (primary N) is 1. The van der Waals surface area contributed by atoms with Gasteiger partial charge >= 0.3 is 0 Å². The molecule has 0 aliphatic heterocycles. The highest BCUT2D eigenvalue weighted by Crippen LogP contribution is 2.32. The summed E-state index contributed by atoms with van der Waals surface area (Å²) >= 11 is 6.01. The Morgan fingerprint density at radius 2 is 2.16 bits per heavy atom. The molecule has 0 atom stereocenters. The first kappa shape index (κ1) is 11.7. The summed E-state index contributed by atoms with van der Waals surface area (Å²) in [6.45, 7) is 0. The molecule has 3 aromatic rings. The molecule has 6 nitrogen and oxygen atoms in total. The van der Waals surface area contributed by atoms with Crippen molar-refractivity contribution in [2.45, 2.75) is 0 Å². The zero-order valence-electron chi connectivity index (χ0n) is 10.0. The molecule has 19 heavy (non-hydrogen) atoms. The van der Waals surface area contributed by atoms with Crippen molar-refractivity contribution >= 4 is 28.6 Å². The van der Waals surface area contributed by atoms with E-state index in [1.807, 2.05) is 6.07 Å². The molecule has 3 N–H and O–H groups in total. The van der Waals surface area contributed by atoms with Crippen molar-refractivity contribution < 1.29 is 4.74 Å². The number of nitrogens with one attached hydrogen (secondary N) is 1. The Morgan fingerprint density at radius 3 is 2.95 bits per heavy atom. The van der Waals surface area contributed by atoms with Gasteiger partial charge in [0, 0.05) is 5.56 Å². The highest BCUT2D eigenvalue weighted by Gasteiger charge is 2.12. The Bertz CT molecular complexity index is 755. The van der Waals surface area contributed by atoms with Crippen LogP contribution in [0.3, 0.4) is 0 Å². The third-order valence-electron chi connectivity index (χ3n) is 2.75. The first-order chi connectivity index (χ1) is 9.19. The lowest BCUT2D eigenvalue weighted by Crippen LogP contribution is -1.97. The van der Waals surface area contributed by atoms with Gasteiger partial charge in [-0.2, -0.15) is 10.1 Å². The molecule has 0 amide bonds. The quantitative estimate of drug-likeness (QED) is 0.749. The molecule has 0 saturated heterocycles. The number of nitrogens with zero attached hydrogens (tertiary/aromatic N) is 3. The van der Waals surface area contributed by atoms with Gasteiger partial charge in [0.2, 0.25) is 5.95 Å². The molecule has 0 spiro atoms. The van der Waals surface area contributed by atoms with Crippen molar-refractivity contribution in [2.24, 2.45) is 0 Å². The fraction of sp³-hybridized carbons (Fsp3) is 0.0833. The Labute approximate surface area is 113 Å². The molecule has 0 fully saturated rings. The minimum atomic E-state index is 0.181. The van der Waals surface area contributed by atoms with E-state index in [1.165, 1.54) is 0 Å². The van der Waals surface area contributed by atoms with Gasteiger partial charge in [0.15, 0.2) is 5.65 Å². The molecule has 0 aliphatic carbocycles. The van der Waals surface area contributed by atoms with Crippen LogP contribution in [0.5, 0.6) is 5.75 Å². The maximum absolute atomic E-state index is 6.01. The van der Waals surface area contributed by atoms with E-state index < -0.39 is 0 Å². The van der Waals surface area contributed by atoms with Gasteiger partial charge in [0.1, 0.15) is 5.75 Å². The van der Waals surface area contributed by atoms with Crippen molar-refractivity contribution in [2.75, 3.05) is 12.8 Å². The number of ether oxygens (including phenoxy) is 1. The Kier molecular flexibility index (Phi) is 2.72. The van der Waals surface area contributed by atoms with Gasteiger partial charge in [-0.1, -0.05) is 17.7 Å². The van der Waals surface area contributed by atoms with Crippen LogP contribution in [0, 0.1) is 0 Å². The fourth-order valence-electron chi connectivity index (χ4n) is 1.88. The molecule has 3 rings (SSSR count). The number of rotatable bonds is 2. The largest absolute Gasteiger partial charge is 0.495 e. The first-order valence-electron chi connectivity index (χ1n) is 5.49. The summed E-state index contributed by atoms with van der Waals surface area (Å²) in [5, 5.41) is 8.05. The van der Waals surface area contributed by atoms with Crippen LogP contribution in [0.1, 0.15) is 0 Å². The lowest BCUT2D eigenvalue weighted by atomic mass is 10.1. The van der Waals surface area contributed by atoms with Crippen molar-refractivity contribution in [3.63, 3.8) is 0 Å². The van der Waals surface area contributed by atoms with Gasteiger partial charge < -0.3 is 10.5 Å². The molecule has 0 radical (unpaired) electrons. The third-order valence-corrected chi connectivity index (χ3v) is 3.06. The minimum absolute atomic E-state index is 0.181. The van der Waals surface area contributed by atoms with Gasteiger partial charge in [-0.25, -0.2) is 4.98 Å². The molecule has 0 aliphatic rings. The van der Waals surface area contributed by atoms with E-state index in [-0.39, 0.29) is 5.95 Å². The monoisotopic (exact) mass is 275 g/mol. The average Bonchev–Trinajstić information content (AvgIpc) is 2.86. The topological polar surface area (TPSA) is 89.7 Å². The molecule has 0 saturated carbocycles. The number of aromatic amines is 1. The van der Waals surface area contributed by atoms with Crippen LogP contribution >= 0.6 is 11.6 Å². The standard InChI is InChI=1S/C12H10ClN5O/c1-19-9-4-6(2-3-8(9)13)10-7-5-15-18-11(7)17-12(14)16-10/h2-5H,1H3,(H3,14,15,16,17,18). The minimum Gasteiger partial charge on any atom is -0.495 e. The number of fused-ring (bicyclic) bond motifs is 1. The number of aromatic nitrogens is 4. The average molecular weight is 276 g/mol. The number of benzene rings is 1. The molecule has 0 bridgehead atoms. The second-order valence-electron chi connectivity index (χ2n) is 3.91. The molecule has 2 heterocycles. The van der Waals surface area contributed by atoms with Gasteiger partial charge in [-0.3, -0.25) is 5.10 Å². The smallest absolute Gasteiger partial charge is 0.222 e. The summed E-state index contributed by atoms with van der Waals surface area (Å²) in [4.78, 5) is 8.33. The normalized spacial score (nSPS) is 10.8. The van der Waals surface area contributed by atoms with Crippen molar-refractivity contribution in [3.8, 4) is 17.0 Å². The van der Waals surface area contributed by atoms with E-state index in [0.717, 1.165) is 10.9 Å². The predicted molar refractivity (Wildman–Crippen MR) is 73.1 cm³/mol. The van der Waals surface area contributed by atoms with E-state index in [2.05, 4.69) is 20.2 Å². The van der Waals surface area contributed by atoms with Gasteiger partial charge in [0.25, 0.3) is 0 Å². The fourth-order valence-corrected chi connectivity index (χ4v) is 2.07. The summed E-state index contributed by atoms with van der Waals surface area (Å²) in [7, 11) is 1.56. The van der Waals surface area contributed by atoms with Crippen molar-refractivity contribution in [1.82, 2.24) is 20.2 Å². The summed E-state index contributed by atoms with van der Waals surface area (Å²) in [6.07, 6.45) is 1.66. The van der Waals surface area contributed by atoms with E-state index in [1.54, 1.807) is 25.4 Å². The highest BCUT2D eigenvalue weighted by molar-refractivity contribution is 6.32. The number of hydrogen-bond donors (Lipinski definition) is 2. The Morgan fingerprint density at radius 1 is 1.32 bits per heavy atom.